The normalized spacial score (nSPS) is 14.6. The van der Waals surface area contributed by atoms with Gasteiger partial charge in [-0.25, -0.2) is 0 Å². The van der Waals surface area contributed by atoms with Gasteiger partial charge in [0.25, 0.3) is 0 Å². The van der Waals surface area contributed by atoms with Crippen LogP contribution in [0.4, 0.5) is 0 Å². The maximum atomic E-state index is 11.7. The molecule has 1 aromatic rings. The van der Waals surface area contributed by atoms with Gasteiger partial charge in [-0.05, 0) is 17.7 Å². The minimum atomic E-state index is -0.00183. The Hall–Kier alpha value is -1.95. The van der Waals surface area contributed by atoms with Gasteiger partial charge in [0, 0.05) is 58.8 Å². The molecule has 0 spiro atoms. The fourth-order valence-corrected chi connectivity index (χ4v) is 3.50. The lowest BCUT2D eigenvalue weighted by Gasteiger charge is -2.36. The molecule has 9 nitrogen and oxygen atoms in total. The second-order valence-corrected chi connectivity index (χ2v) is 7.72. The van der Waals surface area contributed by atoms with Gasteiger partial charge >= 0.3 is 0 Å². The van der Waals surface area contributed by atoms with Gasteiger partial charge in [0.1, 0.15) is 0 Å². The standard InChI is InChI=1S/C22H37N5O4.HI/c1-16(2)21(28)24-7-8-25-22(23-3)27-11-9-26(10-12-27)15-17-13-18(29-4)20(31-6)19(14-17)30-5;/h13-14,16H,7-12,15H2,1-6H3,(H,23,25)(H,24,28);1H. The number of methoxy groups -OCH3 is 3. The Balaban J connectivity index is 0.00000512. The summed E-state index contributed by atoms with van der Waals surface area (Å²) in [5, 5.41) is 6.25. The van der Waals surface area contributed by atoms with Gasteiger partial charge in [-0.3, -0.25) is 14.7 Å². The molecule has 0 saturated carbocycles. The number of carbonyl (C=O) groups excluding carboxylic acids is 1. The van der Waals surface area contributed by atoms with Gasteiger partial charge in [0.2, 0.25) is 11.7 Å². The predicted octanol–water partition coefficient (Wildman–Crippen LogP) is 1.80. The van der Waals surface area contributed by atoms with Crippen LogP contribution in [0.3, 0.4) is 0 Å². The average molecular weight is 563 g/mol. The number of rotatable bonds is 9. The summed E-state index contributed by atoms with van der Waals surface area (Å²) in [7, 11) is 6.66. The van der Waals surface area contributed by atoms with Gasteiger partial charge < -0.3 is 29.7 Å². The first-order valence-electron chi connectivity index (χ1n) is 10.7. The van der Waals surface area contributed by atoms with Crippen LogP contribution in [0, 0.1) is 5.92 Å². The lowest BCUT2D eigenvalue weighted by Crippen LogP contribution is -2.53. The van der Waals surface area contributed by atoms with Crippen molar-refractivity contribution in [2.45, 2.75) is 20.4 Å². The molecule has 182 valence electrons. The first kappa shape index (κ1) is 28.1. The van der Waals surface area contributed by atoms with Crippen LogP contribution in [-0.4, -0.2) is 89.3 Å². The largest absolute Gasteiger partial charge is 0.493 e. The van der Waals surface area contributed by atoms with Crippen molar-refractivity contribution >= 4 is 35.8 Å². The topological polar surface area (TPSA) is 87.7 Å². The van der Waals surface area contributed by atoms with Gasteiger partial charge in [0.15, 0.2) is 17.5 Å². The molecular formula is C22H38IN5O4. The number of guanidine groups is 1. The van der Waals surface area contributed by atoms with Crippen LogP contribution in [0.2, 0.25) is 0 Å². The summed E-state index contributed by atoms with van der Waals surface area (Å²) in [5.41, 5.74) is 1.12. The highest BCUT2D eigenvalue weighted by Gasteiger charge is 2.21. The molecule has 1 aromatic carbocycles. The van der Waals surface area contributed by atoms with E-state index >= 15 is 0 Å². The molecule has 1 saturated heterocycles. The molecule has 0 unspecified atom stereocenters. The number of hydrogen-bond donors (Lipinski definition) is 2. The average Bonchev–Trinajstić information content (AvgIpc) is 2.78. The minimum Gasteiger partial charge on any atom is -0.493 e. The van der Waals surface area contributed by atoms with Gasteiger partial charge in [-0.15, -0.1) is 24.0 Å². The zero-order valence-corrected chi connectivity index (χ0v) is 22.4. The van der Waals surface area contributed by atoms with Gasteiger partial charge in [-0.1, -0.05) is 13.8 Å². The van der Waals surface area contributed by atoms with Crippen molar-refractivity contribution < 1.29 is 19.0 Å². The van der Waals surface area contributed by atoms with Gasteiger partial charge in [0.05, 0.1) is 21.3 Å². The van der Waals surface area contributed by atoms with Crippen molar-refractivity contribution in [3.63, 3.8) is 0 Å². The minimum absolute atomic E-state index is 0. The van der Waals surface area contributed by atoms with Crippen molar-refractivity contribution in [1.29, 1.82) is 0 Å². The Kier molecular flexibility index (Phi) is 12.5. The van der Waals surface area contributed by atoms with Crippen LogP contribution in [-0.2, 0) is 11.3 Å². The molecule has 0 radical (unpaired) electrons. The van der Waals surface area contributed by atoms with Crippen molar-refractivity contribution in [1.82, 2.24) is 20.4 Å². The Morgan fingerprint density at radius 1 is 1.00 bits per heavy atom. The summed E-state index contributed by atoms with van der Waals surface area (Å²) in [5.74, 6) is 2.88. The molecule has 1 heterocycles. The Morgan fingerprint density at radius 3 is 2.03 bits per heavy atom. The third-order valence-electron chi connectivity index (χ3n) is 5.25. The number of carbonyl (C=O) groups is 1. The molecule has 1 amide bonds. The zero-order chi connectivity index (χ0) is 22.8. The van der Waals surface area contributed by atoms with E-state index in [2.05, 4.69) is 25.4 Å². The monoisotopic (exact) mass is 563 g/mol. The third-order valence-corrected chi connectivity index (χ3v) is 5.25. The highest BCUT2D eigenvalue weighted by atomic mass is 127. The number of hydrogen-bond acceptors (Lipinski definition) is 6. The second kappa shape index (κ2) is 14.2. The molecule has 1 fully saturated rings. The Labute approximate surface area is 208 Å². The van der Waals surface area contributed by atoms with Crippen LogP contribution in [0.1, 0.15) is 19.4 Å². The van der Waals surface area contributed by atoms with Crippen LogP contribution in [0.5, 0.6) is 17.2 Å². The zero-order valence-electron chi connectivity index (χ0n) is 20.1. The van der Waals surface area contributed by atoms with E-state index in [4.69, 9.17) is 14.2 Å². The number of piperazine rings is 1. The maximum Gasteiger partial charge on any atom is 0.222 e. The van der Waals surface area contributed by atoms with Crippen molar-refractivity contribution in [2.24, 2.45) is 10.9 Å². The summed E-state index contributed by atoms with van der Waals surface area (Å²) in [6, 6.07) is 4.00. The van der Waals surface area contributed by atoms with E-state index in [-0.39, 0.29) is 35.8 Å². The Morgan fingerprint density at radius 2 is 1.56 bits per heavy atom. The first-order chi connectivity index (χ1) is 14.9. The van der Waals surface area contributed by atoms with Crippen LogP contribution >= 0.6 is 24.0 Å². The number of halogens is 1. The lowest BCUT2D eigenvalue weighted by molar-refractivity contribution is -0.123. The fourth-order valence-electron chi connectivity index (χ4n) is 3.50. The molecule has 0 bridgehead atoms. The summed E-state index contributed by atoms with van der Waals surface area (Å²) in [6.45, 7) is 9.40. The van der Waals surface area contributed by atoms with Crippen molar-refractivity contribution in [2.75, 3.05) is 67.6 Å². The quantitative estimate of drug-likeness (QED) is 0.205. The molecule has 0 aliphatic carbocycles. The molecule has 32 heavy (non-hydrogen) atoms. The van der Waals surface area contributed by atoms with E-state index in [0.717, 1.165) is 44.2 Å². The predicted molar refractivity (Wildman–Crippen MR) is 138 cm³/mol. The van der Waals surface area contributed by atoms with Crippen LogP contribution < -0.4 is 24.8 Å². The number of amides is 1. The number of benzene rings is 1. The summed E-state index contributed by atoms with van der Waals surface area (Å²) >= 11 is 0. The molecule has 2 N–H and O–H groups in total. The molecular weight excluding hydrogens is 525 g/mol. The SMILES string of the molecule is CN=C(NCCNC(=O)C(C)C)N1CCN(Cc2cc(OC)c(OC)c(OC)c2)CC1.I. The molecule has 1 aliphatic rings. The number of aliphatic imine (C=N–C) groups is 1. The smallest absolute Gasteiger partial charge is 0.222 e. The summed E-state index contributed by atoms with van der Waals surface area (Å²) < 4.78 is 16.3. The van der Waals surface area contributed by atoms with Crippen LogP contribution in [0.15, 0.2) is 17.1 Å². The highest BCUT2D eigenvalue weighted by molar-refractivity contribution is 14.0. The van der Waals surface area contributed by atoms with Crippen molar-refractivity contribution in [3.8, 4) is 17.2 Å². The summed E-state index contributed by atoms with van der Waals surface area (Å²) in [6.07, 6.45) is 0. The van der Waals surface area contributed by atoms with Crippen molar-refractivity contribution in [3.05, 3.63) is 17.7 Å². The molecule has 10 heteroatoms. The molecule has 2 rings (SSSR count). The lowest BCUT2D eigenvalue weighted by atomic mass is 10.1. The van der Waals surface area contributed by atoms with E-state index in [1.165, 1.54) is 0 Å². The molecule has 0 aromatic heterocycles. The van der Waals surface area contributed by atoms with E-state index in [9.17, 15) is 4.79 Å². The third kappa shape index (κ3) is 7.88. The number of nitrogens with zero attached hydrogens (tertiary/aromatic N) is 3. The fraction of sp³-hybridized carbons (Fsp3) is 0.636. The van der Waals surface area contributed by atoms with Crippen LogP contribution in [0.25, 0.3) is 0 Å². The summed E-state index contributed by atoms with van der Waals surface area (Å²) in [4.78, 5) is 20.7. The van der Waals surface area contributed by atoms with E-state index in [1.807, 2.05) is 26.0 Å². The number of ether oxygens (including phenoxy) is 3. The van der Waals surface area contributed by atoms with E-state index in [1.54, 1.807) is 28.4 Å². The van der Waals surface area contributed by atoms with E-state index in [0.29, 0.717) is 30.3 Å². The maximum absolute atomic E-state index is 11.7. The van der Waals surface area contributed by atoms with Gasteiger partial charge in [-0.2, -0.15) is 0 Å². The Bertz CT molecular complexity index is 727. The second-order valence-electron chi connectivity index (χ2n) is 7.72. The van der Waals surface area contributed by atoms with E-state index < -0.39 is 0 Å². The first-order valence-corrected chi connectivity index (χ1v) is 10.7. The highest BCUT2D eigenvalue weighted by Crippen LogP contribution is 2.38. The number of nitrogens with one attached hydrogen (secondary N) is 2. The molecule has 0 atom stereocenters. The molecule has 1 aliphatic heterocycles.